The summed E-state index contributed by atoms with van der Waals surface area (Å²) in [6.45, 7) is 4.83. The maximum absolute atomic E-state index is 6.04. The fourth-order valence-electron chi connectivity index (χ4n) is 2.54. The number of nitrogens with zero attached hydrogens (tertiary/aromatic N) is 2. The van der Waals surface area contributed by atoms with Crippen molar-refractivity contribution in [2.75, 3.05) is 7.05 Å². The minimum absolute atomic E-state index is 0.653. The summed E-state index contributed by atoms with van der Waals surface area (Å²) < 4.78 is 8.09. The Bertz CT molecular complexity index is 757. The normalized spacial score (nSPS) is 11.0. The van der Waals surface area contributed by atoms with E-state index in [-0.39, 0.29) is 0 Å². The van der Waals surface area contributed by atoms with Gasteiger partial charge in [0.1, 0.15) is 17.1 Å². The first-order valence-corrected chi connectivity index (χ1v) is 7.04. The second-order valence-corrected chi connectivity index (χ2v) is 5.25. The van der Waals surface area contributed by atoms with Crippen molar-refractivity contribution in [2.24, 2.45) is 0 Å². The van der Waals surface area contributed by atoms with E-state index in [1.807, 2.05) is 43.6 Å². The van der Waals surface area contributed by atoms with Crippen molar-refractivity contribution >= 4 is 5.65 Å². The highest BCUT2D eigenvalue weighted by atomic mass is 16.5. The van der Waals surface area contributed by atoms with Gasteiger partial charge in [-0.25, -0.2) is 0 Å². The highest BCUT2D eigenvalue weighted by molar-refractivity contribution is 5.47. The molecule has 0 unspecified atom stereocenters. The van der Waals surface area contributed by atoms with Crippen LogP contribution in [0.15, 0.2) is 42.6 Å². The smallest absolute Gasteiger partial charge is 0.242 e. The van der Waals surface area contributed by atoms with Gasteiger partial charge >= 0.3 is 0 Å². The molecule has 0 bridgehead atoms. The largest absolute Gasteiger partial charge is 0.437 e. The molecule has 1 aromatic carbocycles. The fourth-order valence-corrected chi connectivity index (χ4v) is 2.54. The maximum atomic E-state index is 6.04. The molecule has 0 radical (unpaired) electrons. The minimum Gasteiger partial charge on any atom is -0.437 e. The lowest BCUT2D eigenvalue weighted by molar-refractivity contribution is 0.456. The summed E-state index contributed by atoms with van der Waals surface area (Å²) >= 11 is 0. The van der Waals surface area contributed by atoms with Crippen molar-refractivity contribution < 1.29 is 4.74 Å². The van der Waals surface area contributed by atoms with Crippen molar-refractivity contribution in [2.45, 2.75) is 20.4 Å². The molecule has 0 aliphatic heterocycles. The molecule has 3 rings (SSSR count). The molecular weight excluding hydrogens is 262 g/mol. The summed E-state index contributed by atoms with van der Waals surface area (Å²) in [5, 5.41) is 3.17. The van der Waals surface area contributed by atoms with Gasteiger partial charge in [0.2, 0.25) is 5.88 Å². The highest BCUT2D eigenvalue weighted by Crippen LogP contribution is 2.27. The Morgan fingerprint density at radius 3 is 2.62 bits per heavy atom. The van der Waals surface area contributed by atoms with E-state index >= 15 is 0 Å². The highest BCUT2D eigenvalue weighted by Gasteiger charge is 2.13. The van der Waals surface area contributed by atoms with Crippen LogP contribution in [-0.2, 0) is 6.54 Å². The van der Waals surface area contributed by atoms with E-state index in [1.165, 1.54) is 11.1 Å². The molecule has 0 aliphatic carbocycles. The van der Waals surface area contributed by atoms with Crippen molar-refractivity contribution in [3.8, 4) is 11.6 Å². The van der Waals surface area contributed by atoms with Crippen LogP contribution in [0, 0.1) is 13.8 Å². The van der Waals surface area contributed by atoms with Gasteiger partial charge in [0, 0.05) is 12.7 Å². The fraction of sp³-hybridized carbons (Fsp3) is 0.235. The lowest BCUT2D eigenvalue weighted by Gasteiger charge is -2.08. The molecule has 0 aliphatic rings. The number of hydrogen-bond acceptors (Lipinski definition) is 3. The van der Waals surface area contributed by atoms with Gasteiger partial charge < -0.3 is 10.1 Å². The molecule has 4 heteroatoms. The molecule has 0 atom stereocenters. The number of hydrogen-bond donors (Lipinski definition) is 1. The third kappa shape index (κ3) is 2.76. The van der Waals surface area contributed by atoms with Crippen LogP contribution >= 0.6 is 0 Å². The molecule has 2 heterocycles. The Kier molecular flexibility index (Phi) is 3.62. The summed E-state index contributed by atoms with van der Waals surface area (Å²) in [6.07, 6.45) is 2.00. The zero-order chi connectivity index (χ0) is 14.8. The average Bonchev–Trinajstić information content (AvgIpc) is 2.76. The average molecular weight is 281 g/mol. The van der Waals surface area contributed by atoms with E-state index in [4.69, 9.17) is 4.74 Å². The molecule has 0 spiro atoms. The van der Waals surface area contributed by atoms with Crippen LogP contribution in [0.25, 0.3) is 5.65 Å². The van der Waals surface area contributed by atoms with Crippen molar-refractivity contribution in [3.05, 3.63) is 59.4 Å². The van der Waals surface area contributed by atoms with Gasteiger partial charge in [0.15, 0.2) is 0 Å². The molecule has 0 saturated heterocycles. The molecular formula is C17H19N3O. The minimum atomic E-state index is 0.653. The Hall–Kier alpha value is -2.33. The van der Waals surface area contributed by atoms with Crippen LogP contribution in [-0.4, -0.2) is 16.4 Å². The molecule has 0 amide bonds. The second kappa shape index (κ2) is 5.58. The first kappa shape index (κ1) is 13.6. The van der Waals surface area contributed by atoms with Gasteiger partial charge in [-0.05, 0) is 56.3 Å². The van der Waals surface area contributed by atoms with Crippen LogP contribution in [0.5, 0.6) is 11.6 Å². The number of nitrogens with one attached hydrogen (secondary N) is 1. The van der Waals surface area contributed by atoms with E-state index in [2.05, 4.69) is 34.6 Å². The quantitative estimate of drug-likeness (QED) is 0.796. The van der Waals surface area contributed by atoms with E-state index < -0.39 is 0 Å². The molecule has 21 heavy (non-hydrogen) atoms. The molecule has 4 nitrogen and oxygen atoms in total. The van der Waals surface area contributed by atoms with E-state index in [0.717, 1.165) is 17.1 Å². The Morgan fingerprint density at radius 1 is 1.14 bits per heavy atom. The number of aromatic nitrogens is 2. The molecule has 0 fully saturated rings. The molecule has 3 aromatic rings. The molecule has 2 aromatic heterocycles. The maximum Gasteiger partial charge on any atom is 0.242 e. The number of aryl methyl sites for hydroxylation is 2. The van der Waals surface area contributed by atoms with Gasteiger partial charge in [-0.2, -0.15) is 4.98 Å². The number of fused-ring (bicyclic) bond motifs is 1. The van der Waals surface area contributed by atoms with Gasteiger partial charge in [-0.15, -0.1) is 0 Å². The standard InChI is InChI=1S/C17H19N3O/c1-12-8-13(2)10-14(9-12)21-17-15(11-18-3)20-7-5-4-6-16(20)19-17/h4-10,18H,11H2,1-3H3. The van der Waals surface area contributed by atoms with E-state index in [0.29, 0.717) is 12.4 Å². The Labute approximate surface area is 124 Å². The van der Waals surface area contributed by atoms with Gasteiger partial charge in [-0.3, -0.25) is 4.40 Å². The first-order valence-electron chi connectivity index (χ1n) is 7.04. The monoisotopic (exact) mass is 281 g/mol. The summed E-state index contributed by atoms with van der Waals surface area (Å²) in [5.74, 6) is 1.48. The lowest BCUT2D eigenvalue weighted by Crippen LogP contribution is -2.08. The second-order valence-electron chi connectivity index (χ2n) is 5.25. The van der Waals surface area contributed by atoms with E-state index in [9.17, 15) is 0 Å². The number of rotatable bonds is 4. The molecule has 0 saturated carbocycles. The zero-order valence-electron chi connectivity index (χ0n) is 12.6. The number of imidazole rings is 1. The third-order valence-electron chi connectivity index (χ3n) is 3.35. The van der Waals surface area contributed by atoms with Crippen molar-refractivity contribution in [1.82, 2.24) is 14.7 Å². The van der Waals surface area contributed by atoms with Crippen LogP contribution in [0.4, 0.5) is 0 Å². The van der Waals surface area contributed by atoms with E-state index in [1.54, 1.807) is 0 Å². The summed E-state index contributed by atoms with van der Waals surface area (Å²) in [7, 11) is 1.92. The van der Waals surface area contributed by atoms with Gasteiger partial charge in [-0.1, -0.05) is 12.1 Å². The lowest BCUT2D eigenvalue weighted by atomic mass is 10.1. The number of benzene rings is 1. The Morgan fingerprint density at radius 2 is 1.90 bits per heavy atom. The van der Waals surface area contributed by atoms with Crippen LogP contribution < -0.4 is 10.1 Å². The van der Waals surface area contributed by atoms with Crippen LogP contribution in [0.1, 0.15) is 16.8 Å². The number of pyridine rings is 1. The van der Waals surface area contributed by atoms with Crippen LogP contribution in [0.3, 0.4) is 0 Å². The van der Waals surface area contributed by atoms with Gasteiger partial charge in [0.05, 0.1) is 0 Å². The first-order chi connectivity index (χ1) is 10.2. The predicted molar refractivity (Wildman–Crippen MR) is 83.9 cm³/mol. The molecule has 1 N–H and O–H groups in total. The van der Waals surface area contributed by atoms with Crippen LogP contribution in [0.2, 0.25) is 0 Å². The SMILES string of the molecule is CNCc1c(Oc2cc(C)cc(C)c2)nc2ccccn12. The summed E-state index contributed by atoms with van der Waals surface area (Å²) in [4.78, 5) is 4.59. The summed E-state index contributed by atoms with van der Waals surface area (Å²) in [5.41, 5.74) is 4.28. The third-order valence-corrected chi connectivity index (χ3v) is 3.35. The molecule has 108 valence electrons. The Balaban J connectivity index is 2.04. The predicted octanol–water partition coefficient (Wildman–Crippen LogP) is 3.46. The zero-order valence-corrected chi connectivity index (χ0v) is 12.6. The number of ether oxygens (including phenoxy) is 1. The van der Waals surface area contributed by atoms with Crippen molar-refractivity contribution in [3.63, 3.8) is 0 Å². The van der Waals surface area contributed by atoms with Crippen molar-refractivity contribution in [1.29, 1.82) is 0 Å². The van der Waals surface area contributed by atoms with Gasteiger partial charge in [0.25, 0.3) is 0 Å². The topological polar surface area (TPSA) is 38.6 Å². The summed E-state index contributed by atoms with van der Waals surface area (Å²) in [6, 6.07) is 12.1.